The molecule has 2 heteroatoms. The van der Waals surface area contributed by atoms with E-state index in [1.165, 1.54) is 44.2 Å². The molecule has 0 fully saturated rings. The predicted molar refractivity (Wildman–Crippen MR) is 228 cm³/mol. The second-order valence-electron chi connectivity index (χ2n) is 13.8. The lowest BCUT2D eigenvalue weighted by molar-refractivity contribution is 0.670. The Kier molecular flexibility index (Phi) is 7.85. The monoisotopic (exact) mass is 689 g/mol. The van der Waals surface area contributed by atoms with Crippen molar-refractivity contribution in [1.82, 2.24) is 0 Å². The van der Waals surface area contributed by atoms with Crippen LogP contribution in [-0.2, 0) is 0 Å². The summed E-state index contributed by atoms with van der Waals surface area (Å²) in [4.78, 5) is 2.31. The van der Waals surface area contributed by atoms with Crippen LogP contribution in [0, 0.1) is 0 Å². The Labute approximate surface area is 314 Å². The van der Waals surface area contributed by atoms with Crippen molar-refractivity contribution in [3.63, 3.8) is 0 Å². The van der Waals surface area contributed by atoms with Crippen LogP contribution in [0.4, 0.5) is 17.1 Å². The van der Waals surface area contributed by atoms with Crippen molar-refractivity contribution in [2.24, 2.45) is 0 Å². The first-order valence-corrected chi connectivity index (χ1v) is 18.4. The lowest BCUT2D eigenvalue weighted by Crippen LogP contribution is -2.09. The zero-order valence-corrected chi connectivity index (χ0v) is 29.6. The van der Waals surface area contributed by atoms with Gasteiger partial charge in [0.2, 0.25) is 0 Å². The van der Waals surface area contributed by atoms with Gasteiger partial charge >= 0.3 is 0 Å². The highest BCUT2D eigenvalue weighted by atomic mass is 16.3. The Hall–Kier alpha value is -7.16. The van der Waals surface area contributed by atoms with Gasteiger partial charge in [-0.1, -0.05) is 152 Å². The molecule has 0 unspecified atom stereocenters. The molecule has 10 rings (SSSR count). The number of hydrogen-bond donors (Lipinski definition) is 0. The molecule has 0 saturated heterocycles. The smallest absolute Gasteiger partial charge is 0.143 e. The van der Waals surface area contributed by atoms with Crippen LogP contribution in [0.1, 0.15) is 0 Å². The van der Waals surface area contributed by atoms with Crippen molar-refractivity contribution in [3.05, 3.63) is 212 Å². The average molecular weight is 690 g/mol. The van der Waals surface area contributed by atoms with Crippen LogP contribution < -0.4 is 4.90 Å². The van der Waals surface area contributed by atoms with E-state index >= 15 is 0 Å². The number of benzene rings is 9. The summed E-state index contributed by atoms with van der Waals surface area (Å²) in [5, 5.41) is 4.79. The molecule has 0 amide bonds. The molecular formula is C52H35NO. The summed E-state index contributed by atoms with van der Waals surface area (Å²) in [5.41, 5.74) is 14.5. The summed E-state index contributed by atoms with van der Waals surface area (Å²) in [6, 6.07) is 75.8. The van der Waals surface area contributed by atoms with Gasteiger partial charge in [0.05, 0.1) is 0 Å². The van der Waals surface area contributed by atoms with Gasteiger partial charge in [-0.2, -0.15) is 0 Å². The normalized spacial score (nSPS) is 11.3. The number of furan rings is 1. The van der Waals surface area contributed by atoms with Crippen LogP contribution in [0.5, 0.6) is 0 Å². The molecule has 2 nitrogen and oxygen atoms in total. The van der Waals surface area contributed by atoms with Crippen molar-refractivity contribution >= 4 is 49.8 Å². The first-order valence-electron chi connectivity index (χ1n) is 18.4. The second-order valence-corrected chi connectivity index (χ2v) is 13.8. The zero-order chi connectivity index (χ0) is 35.8. The van der Waals surface area contributed by atoms with E-state index in [4.69, 9.17) is 4.42 Å². The number of rotatable bonds is 7. The van der Waals surface area contributed by atoms with E-state index in [2.05, 4.69) is 205 Å². The molecule has 10 aromatic rings. The fraction of sp³-hybridized carbons (Fsp3) is 0. The molecule has 54 heavy (non-hydrogen) atoms. The zero-order valence-electron chi connectivity index (χ0n) is 29.6. The quantitative estimate of drug-likeness (QED) is 0.166. The molecule has 0 spiro atoms. The maximum Gasteiger partial charge on any atom is 0.143 e. The van der Waals surface area contributed by atoms with Crippen LogP contribution in [0.15, 0.2) is 217 Å². The summed E-state index contributed by atoms with van der Waals surface area (Å²) in [5.74, 6) is 0. The van der Waals surface area contributed by atoms with Gasteiger partial charge in [-0.15, -0.1) is 0 Å². The van der Waals surface area contributed by atoms with Crippen LogP contribution in [0.3, 0.4) is 0 Å². The van der Waals surface area contributed by atoms with Gasteiger partial charge in [-0.05, 0) is 110 Å². The minimum Gasteiger partial charge on any atom is -0.455 e. The molecule has 0 radical (unpaired) electrons. The summed E-state index contributed by atoms with van der Waals surface area (Å²) in [7, 11) is 0. The van der Waals surface area contributed by atoms with E-state index < -0.39 is 0 Å². The molecule has 9 aromatic carbocycles. The minimum atomic E-state index is 0.910. The third kappa shape index (κ3) is 5.81. The van der Waals surface area contributed by atoms with Crippen molar-refractivity contribution in [3.8, 4) is 44.5 Å². The largest absolute Gasteiger partial charge is 0.455 e. The van der Waals surface area contributed by atoms with Crippen molar-refractivity contribution < 1.29 is 4.42 Å². The number of hydrogen-bond acceptors (Lipinski definition) is 2. The number of nitrogens with zero attached hydrogens (tertiary/aromatic N) is 1. The van der Waals surface area contributed by atoms with Gasteiger partial charge in [-0.25, -0.2) is 0 Å². The Bertz CT molecular complexity index is 2920. The fourth-order valence-corrected chi connectivity index (χ4v) is 7.72. The summed E-state index contributed by atoms with van der Waals surface area (Å²) in [6.07, 6.45) is 0. The average Bonchev–Trinajstić information content (AvgIpc) is 3.64. The van der Waals surface area contributed by atoms with E-state index in [9.17, 15) is 0 Å². The van der Waals surface area contributed by atoms with Crippen LogP contribution >= 0.6 is 0 Å². The molecule has 1 heterocycles. The van der Waals surface area contributed by atoms with Gasteiger partial charge < -0.3 is 9.32 Å². The fourth-order valence-electron chi connectivity index (χ4n) is 7.72. The number of anilines is 3. The van der Waals surface area contributed by atoms with E-state index in [0.717, 1.165) is 50.1 Å². The van der Waals surface area contributed by atoms with Gasteiger partial charge in [0.1, 0.15) is 11.2 Å². The van der Waals surface area contributed by atoms with Crippen molar-refractivity contribution in [2.45, 2.75) is 0 Å². The molecule has 0 atom stereocenters. The standard InChI is InChI=1S/C52H35NO/c1-2-17-45(18-3-1)53(47-31-27-38(28-32-47)48-20-10-21-50-49-19-6-7-22-51(49)54-52(48)50)46-29-25-37(26-30-46)40-13-8-14-41(33-40)42-15-9-16-43(35-42)44-24-23-36-11-4-5-12-39(36)34-44/h1-35H. The van der Waals surface area contributed by atoms with Crippen molar-refractivity contribution in [1.29, 1.82) is 0 Å². The highest BCUT2D eigenvalue weighted by Gasteiger charge is 2.15. The topological polar surface area (TPSA) is 16.4 Å². The third-order valence-electron chi connectivity index (χ3n) is 10.5. The number of para-hydroxylation sites is 3. The molecule has 0 saturated carbocycles. The molecule has 1 aromatic heterocycles. The predicted octanol–water partition coefficient (Wildman–Crippen LogP) is 14.9. The highest BCUT2D eigenvalue weighted by molar-refractivity contribution is 6.09. The van der Waals surface area contributed by atoms with Gasteiger partial charge in [0.15, 0.2) is 0 Å². The number of fused-ring (bicyclic) bond motifs is 4. The first-order chi connectivity index (χ1) is 26.7. The van der Waals surface area contributed by atoms with Crippen LogP contribution in [0.25, 0.3) is 77.2 Å². The molecule has 0 aliphatic heterocycles. The molecular weight excluding hydrogens is 655 g/mol. The summed E-state index contributed by atoms with van der Waals surface area (Å²) < 4.78 is 6.36. The van der Waals surface area contributed by atoms with Crippen LogP contribution in [-0.4, -0.2) is 0 Å². The SMILES string of the molecule is c1ccc(N(c2ccc(-c3cccc(-c4cccc(-c5ccc6ccccc6c5)c4)c3)cc2)c2ccc(-c3cccc4c3oc3ccccc34)cc2)cc1. The maximum absolute atomic E-state index is 6.36. The third-order valence-corrected chi connectivity index (χ3v) is 10.5. The first kappa shape index (κ1) is 31.6. The Morgan fingerprint density at radius 1 is 0.296 bits per heavy atom. The molecule has 0 aliphatic carbocycles. The maximum atomic E-state index is 6.36. The van der Waals surface area contributed by atoms with E-state index in [0.29, 0.717) is 0 Å². The minimum absolute atomic E-state index is 0.910. The van der Waals surface area contributed by atoms with Crippen LogP contribution in [0.2, 0.25) is 0 Å². The lowest BCUT2D eigenvalue weighted by atomic mass is 9.95. The highest BCUT2D eigenvalue weighted by Crippen LogP contribution is 2.40. The summed E-state index contributed by atoms with van der Waals surface area (Å²) in [6.45, 7) is 0. The van der Waals surface area contributed by atoms with Crippen molar-refractivity contribution in [2.75, 3.05) is 4.90 Å². The lowest BCUT2D eigenvalue weighted by Gasteiger charge is -2.26. The van der Waals surface area contributed by atoms with E-state index in [1.54, 1.807) is 0 Å². The Balaban J connectivity index is 0.956. The van der Waals surface area contributed by atoms with Gasteiger partial charge in [0, 0.05) is 33.4 Å². The molecule has 0 N–H and O–H groups in total. The second kappa shape index (κ2) is 13.4. The van der Waals surface area contributed by atoms with E-state index in [-0.39, 0.29) is 0 Å². The summed E-state index contributed by atoms with van der Waals surface area (Å²) >= 11 is 0. The van der Waals surface area contributed by atoms with Gasteiger partial charge in [-0.3, -0.25) is 0 Å². The Morgan fingerprint density at radius 2 is 0.796 bits per heavy atom. The Morgan fingerprint density at radius 3 is 1.50 bits per heavy atom. The molecule has 0 bridgehead atoms. The molecule has 254 valence electrons. The van der Waals surface area contributed by atoms with E-state index in [1.807, 2.05) is 12.1 Å². The van der Waals surface area contributed by atoms with Gasteiger partial charge in [0.25, 0.3) is 0 Å². The molecule has 0 aliphatic rings.